The Hall–Kier alpha value is -3.61. The van der Waals surface area contributed by atoms with Crippen molar-refractivity contribution in [2.24, 2.45) is 0 Å². The second-order valence-corrected chi connectivity index (χ2v) is 6.46. The van der Waals surface area contributed by atoms with Crippen molar-refractivity contribution >= 4 is 28.3 Å². The van der Waals surface area contributed by atoms with Gasteiger partial charge in [-0.05, 0) is 42.3 Å². The van der Waals surface area contributed by atoms with Crippen LogP contribution in [0.5, 0.6) is 5.75 Å². The van der Waals surface area contributed by atoms with Crippen molar-refractivity contribution < 1.29 is 14.3 Å². The molecule has 0 aliphatic rings. The topological polar surface area (TPSA) is 77.8 Å². The molecule has 0 spiro atoms. The number of imidazole rings is 1. The number of methoxy groups -OCH3 is 2. The molecule has 2 aromatic heterocycles. The number of fused-ring (bicyclic) bond motifs is 3. The molecule has 4 aromatic rings. The van der Waals surface area contributed by atoms with Crippen LogP contribution >= 0.6 is 0 Å². The first-order valence-electron chi connectivity index (χ1n) is 8.82. The van der Waals surface area contributed by atoms with Crippen molar-refractivity contribution in [1.82, 2.24) is 14.4 Å². The number of anilines is 1. The lowest BCUT2D eigenvalue weighted by Gasteiger charge is -2.12. The van der Waals surface area contributed by atoms with Gasteiger partial charge in [-0.1, -0.05) is 12.1 Å². The summed E-state index contributed by atoms with van der Waals surface area (Å²) >= 11 is 0. The Morgan fingerprint density at radius 3 is 2.64 bits per heavy atom. The zero-order chi connectivity index (χ0) is 19.7. The summed E-state index contributed by atoms with van der Waals surface area (Å²) in [4.78, 5) is 21.1. The molecule has 0 aliphatic carbocycles. The first-order chi connectivity index (χ1) is 13.6. The quantitative estimate of drug-likeness (QED) is 0.536. The van der Waals surface area contributed by atoms with E-state index in [4.69, 9.17) is 14.5 Å². The molecule has 0 saturated heterocycles. The lowest BCUT2D eigenvalue weighted by atomic mass is 10.1. The van der Waals surface area contributed by atoms with E-state index in [9.17, 15) is 4.79 Å². The molecule has 7 heteroatoms. The summed E-state index contributed by atoms with van der Waals surface area (Å²) in [5.41, 5.74) is 4.85. The Morgan fingerprint density at radius 1 is 1.14 bits per heavy atom. The van der Waals surface area contributed by atoms with Gasteiger partial charge >= 0.3 is 5.97 Å². The fourth-order valence-corrected chi connectivity index (χ4v) is 3.19. The van der Waals surface area contributed by atoms with Crippen molar-refractivity contribution in [3.63, 3.8) is 0 Å². The van der Waals surface area contributed by atoms with E-state index < -0.39 is 0 Å². The van der Waals surface area contributed by atoms with E-state index in [1.165, 1.54) is 7.11 Å². The Morgan fingerprint density at radius 2 is 1.93 bits per heavy atom. The molecule has 2 heterocycles. The maximum Gasteiger partial charge on any atom is 0.338 e. The summed E-state index contributed by atoms with van der Waals surface area (Å²) in [6.07, 6.45) is 3.47. The third-order valence-electron chi connectivity index (χ3n) is 4.72. The molecule has 0 bridgehead atoms. The number of benzene rings is 2. The van der Waals surface area contributed by atoms with Gasteiger partial charge in [0.15, 0.2) is 5.82 Å². The standard InChI is InChI=1S/C21H20N4O3/c1-13-8-17-18(9-16(13)21(26)28-3)25-12-22-11-19(25)20(24-17)23-10-14-4-6-15(27-2)7-5-14/h4-9,11-12H,10H2,1-3H3,(H,23,24). The zero-order valence-electron chi connectivity index (χ0n) is 15.9. The number of rotatable bonds is 5. The minimum Gasteiger partial charge on any atom is -0.497 e. The van der Waals surface area contributed by atoms with E-state index >= 15 is 0 Å². The fraction of sp³-hybridized carbons (Fsp3) is 0.190. The van der Waals surface area contributed by atoms with Gasteiger partial charge in [-0.3, -0.25) is 4.40 Å². The van der Waals surface area contributed by atoms with E-state index in [1.807, 2.05) is 41.7 Å². The van der Waals surface area contributed by atoms with Crippen LogP contribution in [0.2, 0.25) is 0 Å². The summed E-state index contributed by atoms with van der Waals surface area (Å²) < 4.78 is 12.0. The van der Waals surface area contributed by atoms with Gasteiger partial charge in [-0.2, -0.15) is 0 Å². The Bertz CT molecular complexity index is 1170. The molecule has 0 unspecified atom stereocenters. The Kier molecular flexibility index (Phi) is 4.57. The first-order valence-corrected chi connectivity index (χ1v) is 8.82. The van der Waals surface area contributed by atoms with E-state index in [-0.39, 0.29) is 5.97 Å². The smallest absolute Gasteiger partial charge is 0.338 e. The summed E-state index contributed by atoms with van der Waals surface area (Å²) in [6, 6.07) is 11.6. The molecular weight excluding hydrogens is 356 g/mol. The molecule has 0 atom stereocenters. The van der Waals surface area contributed by atoms with Crippen LogP contribution in [0.15, 0.2) is 48.9 Å². The summed E-state index contributed by atoms with van der Waals surface area (Å²) in [5.74, 6) is 1.18. The second-order valence-electron chi connectivity index (χ2n) is 6.46. The summed E-state index contributed by atoms with van der Waals surface area (Å²) in [6.45, 7) is 2.48. The third-order valence-corrected chi connectivity index (χ3v) is 4.72. The van der Waals surface area contributed by atoms with Gasteiger partial charge in [0, 0.05) is 6.54 Å². The monoisotopic (exact) mass is 376 g/mol. The van der Waals surface area contributed by atoms with Crippen molar-refractivity contribution in [3.05, 3.63) is 65.6 Å². The normalized spacial score (nSPS) is 11.0. The molecule has 0 saturated carbocycles. The largest absolute Gasteiger partial charge is 0.497 e. The number of hydrogen-bond donors (Lipinski definition) is 1. The van der Waals surface area contributed by atoms with Gasteiger partial charge in [0.05, 0.1) is 43.3 Å². The van der Waals surface area contributed by atoms with Gasteiger partial charge in [0.2, 0.25) is 0 Å². The van der Waals surface area contributed by atoms with Gasteiger partial charge < -0.3 is 14.8 Å². The fourth-order valence-electron chi connectivity index (χ4n) is 3.19. The predicted molar refractivity (Wildman–Crippen MR) is 107 cm³/mol. The highest BCUT2D eigenvalue weighted by atomic mass is 16.5. The SMILES string of the molecule is COC(=O)c1cc2c(cc1C)nc(NCc1ccc(OC)cc1)c1cncn12. The van der Waals surface area contributed by atoms with E-state index in [1.54, 1.807) is 25.7 Å². The Labute approximate surface area is 161 Å². The minimum absolute atomic E-state index is 0.366. The predicted octanol–water partition coefficient (Wildman–Crippen LogP) is 3.60. The number of aryl methyl sites for hydroxylation is 1. The lowest BCUT2D eigenvalue weighted by molar-refractivity contribution is 0.0600. The Balaban J connectivity index is 1.74. The molecular formula is C21H20N4O3. The molecule has 0 aliphatic heterocycles. The molecule has 0 fully saturated rings. The van der Waals surface area contributed by atoms with Gasteiger partial charge in [-0.15, -0.1) is 0 Å². The number of aromatic nitrogens is 3. The molecule has 1 N–H and O–H groups in total. The van der Waals surface area contributed by atoms with Crippen LogP contribution in [0.1, 0.15) is 21.5 Å². The van der Waals surface area contributed by atoms with E-state index in [0.29, 0.717) is 12.1 Å². The maximum absolute atomic E-state index is 12.0. The number of carbonyl (C=O) groups excluding carboxylic acids is 1. The summed E-state index contributed by atoms with van der Waals surface area (Å²) in [5, 5.41) is 3.38. The van der Waals surface area contributed by atoms with Crippen LogP contribution in [-0.4, -0.2) is 34.6 Å². The van der Waals surface area contributed by atoms with Crippen LogP contribution in [0.4, 0.5) is 5.82 Å². The minimum atomic E-state index is -0.366. The number of ether oxygens (including phenoxy) is 2. The third kappa shape index (κ3) is 3.11. The molecule has 4 rings (SSSR count). The first kappa shape index (κ1) is 17.8. The number of nitrogens with one attached hydrogen (secondary N) is 1. The number of carbonyl (C=O) groups is 1. The molecule has 0 radical (unpaired) electrons. The summed E-state index contributed by atoms with van der Waals surface area (Å²) in [7, 11) is 3.03. The van der Waals surface area contributed by atoms with Gasteiger partial charge in [0.1, 0.15) is 11.3 Å². The average molecular weight is 376 g/mol. The average Bonchev–Trinajstić information content (AvgIpc) is 3.21. The van der Waals surface area contributed by atoms with Crippen LogP contribution in [-0.2, 0) is 11.3 Å². The molecule has 7 nitrogen and oxygen atoms in total. The second kappa shape index (κ2) is 7.19. The van der Waals surface area contributed by atoms with Crippen LogP contribution in [0.25, 0.3) is 16.6 Å². The number of nitrogens with zero attached hydrogens (tertiary/aromatic N) is 3. The van der Waals surface area contributed by atoms with Crippen LogP contribution in [0.3, 0.4) is 0 Å². The highest BCUT2D eigenvalue weighted by Gasteiger charge is 2.15. The highest BCUT2D eigenvalue weighted by Crippen LogP contribution is 2.25. The number of hydrogen-bond acceptors (Lipinski definition) is 6. The van der Waals surface area contributed by atoms with Crippen molar-refractivity contribution in [2.45, 2.75) is 13.5 Å². The molecule has 0 amide bonds. The van der Waals surface area contributed by atoms with E-state index in [0.717, 1.165) is 39.2 Å². The molecule has 28 heavy (non-hydrogen) atoms. The van der Waals surface area contributed by atoms with Crippen LogP contribution < -0.4 is 10.1 Å². The van der Waals surface area contributed by atoms with Crippen molar-refractivity contribution in [3.8, 4) is 5.75 Å². The number of esters is 1. The van der Waals surface area contributed by atoms with Crippen molar-refractivity contribution in [2.75, 3.05) is 19.5 Å². The maximum atomic E-state index is 12.0. The van der Waals surface area contributed by atoms with Gasteiger partial charge in [0.25, 0.3) is 0 Å². The zero-order valence-corrected chi connectivity index (χ0v) is 15.9. The molecule has 142 valence electrons. The van der Waals surface area contributed by atoms with E-state index in [2.05, 4.69) is 10.3 Å². The van der Waals surface area contributed by atoms with Crippen molar-refractivity contribution in [1.29, 1.82) is 0 Å². The molecule has 2 aromatic carbocycles. The van der Waals surface area contributed by atoms with Gasteiger partial charge in [-0.25, -0.2) is 14.8 Å². The lowest BCUT2D eigenvalue weighted by Crippen LogP contribution is -2.07. The highest BCUT2D eigenvalue weighted by molar-refractivity contribution is 5.96. The van der Waals surface area contributed by atoms with Crippen LogP contribution in [0, 0.1) is 6.92 Å².